The number of aromatic nitrogens is 2. The average molecular weight is 384 g/mol. The van der Waals surface area contributed by atoms with Gasteiger partial charge in [0.25, 0.3) is 11.8 Å². The van der Waals surface area contributed by atoms with E-state index >= 15 is 0 Å². The summed E-state index contributed by atoms with van der Waals surface area (Å²) in [5, 5.41) is 2.71. The number of nitrogens with two attached hydrogens (primary N) is 1. The van der Waals surface area contributed by atoms with Crippen molar-refractivity contribution in [2.75, 3.05) is 5.32 Å². The van der Waals surface area contributed by atoms with Gasteiger partial charge in [-0.15, -0.1) is 11.3 Å². The summed E-state index contributed by atoms with van der Waals surface area (Å²) in [6, 6.07) is 5.34. The highest BCUT2D eigenvalue weighted by Gasteiger charge is 2.24. The Labute approximate surface area is 160 Å². The number of rotatable bonds is 4. The molecule has 3 aromatic rings. The summed E-state index contributed by atoms with van der Waals surface area (Å²) >= 11 is 1.28. The first-order chi connectivity index (χ1) is 12.6. The van der Waals surface area contributed by atoms with Gasteiger partial charge in [0.1, 0.15) is 11.1 Å². The summed E-state index contributed by atoms with van der Waals surface area (Å²) < 4.78 is 5.41. The van der Waals surface area contributed by atoms with Crippen molar-refractivity contribution in [3.05, 3.63) is 51.8 Å². The zero-order valence-corrected chi connectivity index (χ0v) is 16.3. The first-order valence-corrected chi connectivity index (χ1v) is 9.11. The molecule has 8 heteroatoms. The van der Waals surface area contributed by atoms with Gasteiger partial charge < -0.3 is 15.5 Å². The van der Waals surface area contributed by atoms with Crippen LogP contribution in [0.4, 0.5) is 5.69 Å². The molecule has 140 valence electrons. The number of carbonyl (C=O) groups excluding carboxylic acids is 2. The minimum atomic E-state index is -0.584. The lowest BCUT2D eigenvalue weighted by atomic mass is 9.94. The van der Waals surface area contributed by atoms with E-state index in [1.165, 1.54) is 17.6 Å². The summed E-state index contributed by atoms with van der Waals surface area (Å²) in [5.74, 6) is -0.739. The summed E-state index contributed by atoms with van der Waals surface area (Å²) in [4.78, 5) is 33.9. The van der Waals surface area contributed by atoms with E-state index in [1.807, 2.05) is 33.8 Å². The molecular formula is C19H20N4O3S. The normalized spacial score (nSPS) is 11.4. The van der Waals surface area contributed by atoms with Crippen molar-refractivity contribution < 1.29 is 14.0 Å². The van der Waals surface area contributed by atoms with Crippen molar-refractivity contribution in [1.82, 2.24) is 9.97 Å². The summed E-state index contributed by atoms with van der Waals surface area (Å²) in [7, 11) is 0. The van der Waals surface area contributed by atoms with E-state index in [4.69, 9.17) is 10.2 Å². The molecule has 0 fully saturated rings. The van der Waals surface area contributed by atoms with Gasteiger partial charge in [-0.1, -0.05) is 20.8 Å². The van der Waals surface area contributed by atoms with Gasteiger partial charge in [0.2, 0.25) is 5.89 Å². The number of primary amides is 1. The van der Waals surface area contributed by atoms with Crippen LogP contribution in [0.25, 0.3) is 11.5 Å². The highest BCUT2D eigenvalue weighted by atomic mass is 32.1. The average Bonchev–Trinajstić information content (AvgIpc) is 3.21. The van der Waals surface area contributed by atoms with E-state index < -0.39 is 11.8 Å². The van der Waals surface area contributed by atoms with Crippen LogP contribution in [0.3, 0.4) is 0 Å². The number of thiophene rings is 1. The van der Waals surface area contributed by atoms with E-state index in [1.54, 1.807) is 18.3 Å². The zero-order valence-electron chi connectivity index (χ0n) is 15.5. The number of anilines is 1. The smallest absolute Gasteiger partial charge is 0.277 e. The fraction of sp³-hybridized carbons (Fsp3) is 0.263. The highest BCUT2D eigenvalue weighted by Crippen LogP contribution is 2.35. The summed E-state index contributed by atoms with van der Waals surface area (Å²) in [6.45, 7) is 7.93. The third-order valence-corrected chi connectivity index (χ3v) is 5.40. The highest BCUT2D eigenvalue weighted by molar-refractivity contribution is 7.14. The van der Waals surface area contributed by atoms with Crippen molar-refractivity contribution in [3.8, 4) is 11.5 Å². The molecule has 2 amide bonds. The fourth-order valence-electron chi connectivity index (χ4n) is 2.41. The van der Waals surface area contributed by atoms with Crippen molar-refractivity contribution >= 4 is 28.8 Å². The van der Waals surface area contributed by atoms with Gasteiger partial charge in [0, 0.05) is 22.3 Å². The Balaban J connectivity index is 1.86. The van der Waals surface area contributed by atoms with Crippen LogP contribution in [0.5, 0.6) is 0 Å². The third-order valence-electron chi connectivity index (χ3n) is 3.82. The Morgan fingerprint density at radius 3 is 2.63 bits per heavy atom. The SMILES string of the molecule is Cc1cc(-c2nc(C(=O)Nc3cc(C(C)(C)C)sc3C(N)=O)co2)ccn1. The van der Waals surface area contributed by atoms with Crippen LogP contribution in [-0.2, 0) is 5.41 Å². The molecule has 3 rings (SSSR count). The lowest BCUT2D eigenvalue weighted by Gasteiger charge is -2.15. The molecule has 3 aromatic heterocycles. The Morgan fingerprint density at radius 2 is 2.00 bits per heavy atom. The van der Waals surface area contributed by atoms with E-state index in [0.29, 0.717) is 16.5 Å². The quantitative estimate of drug-likeness (QED) is 0.711. The topological polar surface area (TPSA) is 111 Å². The molecule has 0 spiro atoms. The molecular weight excluding hydrogens is 364 g/mol. The monoisotopic (exact) mass is 384 g/mol. The molecule has 0 atom stereocenters. The molecule has 0 unspecified atom stereocenters. The van der Waals surface area contributed by atoms with Crippen LogP contribution in [0.2, 0.25) is 0 Å². The first-order valence-electron chi connectivity index (χ1n) is 8.29. The maximum absolute atomic E-state index is 12.6. The molecule has 0 saturated heterocycles. The predicted octanol–water partition coefficient (Wildman–Crippen LogP) is 3.76. The standard InChI is InChI=1S/C19H20N4O3S/c1-10-7-11(5-6-21-10)18-23-13(9-26-18)17(25)22-12-8-14(19(2,3)4)27-15(12)16(20)24/h5-9H,1-4H3,(H2,20,24)(H,22,25). The van der Waals surface area contributed by atoms with Crippen LogP contribution in [-0.4, -0.2) is 21.8 Å². The van der Waals surface area contributed by atoms with E-state index in [9.17, 15) is 9.59 Å². The number of oxazole rings is 1. The Bertz CT molecular complexity index is 1010. The van der Waals surface area contributed by atoms with Crippen molar-refractivity contribution in [2.24, 2.45) is 5.73 Å². The van der Waals surface area contributed by atoms with Crippen LogP contribution in [0.15, 0.2) is 35.1 Å². The molecule has 3 N–H and O–H groups in total. The number of hydrogen-bond donors (Lipinski definition) is 2. The van der Waals surface area contributed by atoms with Crippen molar-refractivity contribution in [1.29, 1.82) is 0 Å². The Morgan fingerprint density at radius 1 is 1.26 bits per heavy atom. The predicted molar refractivity (Wildman–Crippen MR) is 104 cm³/mol. The number of carbonyl (C=O) groups is 2. The van der Waals surface area contributed by atoms with Gasteiger partial charge in [-0.2, -0.15) is 0 Å². The van der Waals surface area contributed by atoms with E-state index in [0.717, 1.165) is 16.1 Å². The van der Waals surface area contributed by atoms with Crippen LogP contribution < -0.4 is 11.1 Å². The van der Waals surface area contributed by atoms with E-state index in [-0.39, 0.29) is 11.1 Å². The second-order valence-corrected chi connectivity index (χ2v) is 8.20. The molecule has 3 heterocycles. The maximum atomic E-state index is 12.6. The van der Waals surface area contributed by atoms with Crippen LogP contribution in [0, 0.1) is 6.92 Å². The lowest BCUT2D eigenvalue weighted by molar-refractivity contribution is 0.100. The second-order valence-electron chi connectivity index (χ2n) is 7.15. The van der Waals surface area contributed by atoms with Crippen LogP contribution >= 0.6 is 11.3 Å². The number of nitrogens with zero attached hydrogens (tertiary/aromatic N) is 2. The molecule has 0 aliphatic rings. The number of nitrogens with one attached hydrogen (secondary N) is 1. The Kier molecular flexibility index (Phi) is 4.84. The van der Waals surface area contributed by atoms with Gasteiger partial charge >= 0.3 is 0 Å². The van der Waals surface area contributed by atoms with Crippen molar-refractivity contribution in [3.63, 3.8) is 0 Å². The summed E-state index contributed by atoms with van der Waals surface area (Å²) in [5.41, 5.74) is 7.32. The van der Waals surface area contributed by atoms with Crippen LogP contribution in [0.1, 0.15) is 51.5 Å². The molecule has 0 saturated carbocycles. The Hall–Kier alpha value is -3.00. The molecule has 0 aliphatic heterocycles. The van der Waals surface area contributed by atoms with Gasteiger partial charge in [0.05, 0.1) is 5.69 Å². The largest absolute Gasteiger partial charge is 0.444 e. The molecule has 27 heavy (non-hydrogen) atoms. The van der Waals surface area contributed by atoms with E-state index in [2.05, 4.69) is 15.3 Å². The third kappa shape index (κ3) is 4.06. The molecule has 0 bridgehead atoms. The fourth-order valence-corrected chi connectivity index (χ4v) is 3.44. The van der Waals surface area contributed by atoms with Gasteiger partial charge in [-0.25, -0.2) is 4.98 Å². The minimum Gasteiger partial charge on any atom is -0.444 e. The number of pyridine rings is 1. The first kappa shape index (κ1) is 18.8. The molecule has 0 radical (unpaired) electrons. The number of hydrogen-bond acceptors (Lipinski definition) is 6. The number of aryl methyl sites for hydroxylation is 1. The molecule has 0 aromatic carbocycles. The molecule has 0 aliphatic carbocycles. The van der Waals surface area contributed by atoms with Crippen molar-refractivity contribution in [2.45, 2.75) is 33.1 Å². The van der Waals surface area contributed by atoms with Gasteiger partial charge in [-0.05, 0) is 30.5 Å². The lowest BCUT2D eigenvalue weighted by Crippen LogP contribution is -2.16. The molecule has 7 nitrogen and oxygen atoms in total. The zero-order chi connectivity index (χ0) is 19.8. The minimum absolute atomic E-state index is 0.110. The summed E-state index contributed by atoms with van der Waals surface area (Å²) in [6.07, 6.45) is 2.93. The van der Waals surface area contributed by atoms with Gasteiger partial charge in [0.15, 0.2) is 5.69 Å². The second kappa shape index (κ2) is 6.96. The number of amides is 2. The maximum Gasteiger partial charge on any atom is 0.277 e. The van der Waals surface area contributed by atoms with Gasteiger partial charge in [-0.3, -0.25) is 14.6 Å².